The lowest BCUT2D eigenvalue weighted by atomic mass is 10.1. The van der Waals surface area contributed by atoms with Gasteiger partial charge in [0, 0.05) is 44.4 Å². The van der Waals surface area contributed by atoms with Gasteiger partial charge in [0.05, 0.1) is 30.6 Å². The van der Waals surface area contributed by atoms with Crippen molar-refractivity contribution in [2.45, 2.75) is 32.7 Å². The summed E-state index contributed by atoms with van der Waals surface area (Å²) in [6.45, 7) is 7.71. The first-order valence-electron chi connectivity index (χ1n) is 9.15. The zero-order valence-corrected chi connectivity index (χ0v) is 15.5. The average Bonchev–Trinajstić information content (AvgIpc) is 3.00. The average molecular weight is 357 g/mol. The van der Waals surface area contributed by atoms with Gasteiger partial charge in [-0.2, -0.15) is 5.10 Å². The number of nitrogens with one attached hydrogen (secondary N) is 2. The first-order chi connectivity index (χ1) is 12.6. The molecule has 7 nitrogen and oxygen atoms in total. The molecule has 2 aromatic heterocycles. The lowest BCUT2D eigenvalue weighted by molar-refractivity contribution is -0.121. The summed E-state index contributed by atoms with van der Waals surface area (Å²) in [6.07, 6.45) is 2.88. The molecule has 3 rings (SSSR count). The van der Waals surface area contributed by atoms with Gasteiger partial charge in [0.15, 0.2) is 0 Å². The van der Waals surface area contributed by atoms with Crippen LogP contribution in [0.5, 0.6) is 0 Å². The van der Waals surface area contributed by atoms with Crippen molar-refractivity contribution in [3.63, 3.8) is 0 Å². The van der Waals surface area contributed by atoms with Gasteiger partial charge in [-0.1, -0.05) is 6.07 Å². The SMILES string of the molecule is Cc1[nH]nc(CCC(=O)NC[C@@H](c2ccccn2)N2CCOCC2)c1C. The summed E-state index contributed by atoms with van der Waals surface area (Å²) in [7, 11) is 0. The van der Waals surface area contributed by atoms with Crippen LogP contribution in [0.1, 0.15) is 35.1 Å². The molecule has 0 spiro atoms. The standard InChI is InChI=1S/C19H27N5O2/c1-14-15(2)22-23-16(14)6-7-19(25)21-13-18(17-5-3-4-8-20-17)24-9-11-26-12-10-24/h3-5,8,18H,6-7,9-13H2,1-2H3,(H,21,25)(H,22,23)/t18-/m0/s1. The minimum Gasteiger partial charge on any atom is -0.379 e. The molecule has 1 fully saturated rings. The molecular weight excluding hydrogens is 330 g/mol. The molecule has 7 heteroatoms. The first kappa shape index (κ1) is 18.5. The number of carbonyl (C=O) groups excluding carboxylic acids is 1. The van der Waals surface area contributed by atoms with Crippen LogP contribution in [0.2, 0.25) is 0 Å². The van der Waals surface area contributed by atoms with Crippen LogP contribution in [-0.4, -0.2) is 58.8 Å². The second kappa shape index (κ2) is 8.91. The molecule has 1 saturated heterocycles. The quantitative estimate of drug-likeness (QED) is 0.785. The molecule has 0 unspecified atom stereocenters. The van der Waals surface area contributed by atoms with Crippen molar-refractivity contribution >= 4 is 5.91 Å². The topological polar surface area (TPSA) is 83.1 Å². The molecule has 1 atom stereocenters. The number of hydrogen-bond donors (Lipinski definition) is 2. The Hall–Kier alpha value is -2.25. The number of ether oxygens (including phenoxy) is 1. The van der Waals surface area contributed by atoms with Crippen LogP contribution in [0.25, 0.3) is 0 Å². The van der Waals surface area contributed by atoms with E-state index in [-0.39, 0.29) is 11.9 Å². The molecule has 3 heterocycles. The Morgan fingerprint density at radius 2 is 2.15 bits per heavy atom. The summed E-state index contributed by atoms with van der Waals surface area (Å²) in [4.78, 5) is 19.2. The first-order valence-corrected chi connectivity index (χ1v) is 9.15. The molecule has 0 saturated carbocycles. The van der Waals surface area contributed by atoms with Gasteiger partial charge < -0.3 is 10.1 Å². The van der Waals surface area contributed by atoms with Crippen LogP contribution in [0, 0.1) is 13.8 Å². The Labute approximate surface area is 154 Å². The van der Waals surface area contributed by atoms with Crippen LogP contribution in [0.15, 0.2) is 24.4 Å². The zero-order valence-electron chi connectivity index (χ0n) is 15.5. The largest absolute Gasteiger partial charge is 0.379 e. The Morgan fingerprint density at radius 3 is 2.81 bits per heavy atom. The highest BCUT2D eigenvalue weighted by molar-refractivity contribution is 5.76. The van der Waals surface area contributed by atoms with Crippen LogP contribution < -0.4 is 5.32 Å². The third-order valence-corrected chi connectivity index (χ3v) is 4.95. The molecule has 1 aliphatic heterocycles. The van der Waals surface area contributed by atoms with Crippen molar-refractivity contribution in [3.8, 4) is 0 Å². The monoisotopic (exact) mass is 357 g/mol. The van der Waals surface area contributed by atoms with E-state index < -0.39 is 0 Å². The van der Waals surface area contributed by atoms with E-state index in [9.17, 15) is 4.79 Å². The highest BCUT2D eigenvalue weighted by atomic mass is 16.5. The number of morpholine rings is 1. The van der Waals surface area contributed by atoms with E-state index in [4.69, 9.17) is 4.74 Å². The van der Waals surface area contributed by atoms with Gasteiger partial charge in [-0.15, -0.1) is 0 Å². The summed E-state index contributed by atoms with van der Waals surface area (Å²) in [5.74, 6) is 0.0410. The third kappa shape index (κ3) is 4.68. The van der Waals surface area contributed by atoms with Gasteiger partial charge >= 0.3 is 0 Å². The summed E-state index contributed by atoms with van der Waals surface area (Å²) in [5.41, 5.74) is 4.14. The van der Waals surface area contributed by atoms with Gasteiger partial charge in [-0.3, -0.25) is 19.8 Å². The van der Waals surface area contributed by atoms with Crippen molar-refractivity contribution in [1.29, 1.82) is 0 Å². The lowest BCUT2D eigenvalue weighted by Gasteiger charge is -2.34. The van der Waals surface area contributed by atoms with Gasteiger partial charge in [0.1, 0.15) is 0 Å². The van der Waals surface area contributed by atoms with Gasteiger partial charge in [0.25, 0.3) is 0 Å². The van der Waals surface area contributed by atoms with E-state index in [0.29, 0.717) is 19.4 Å². The summed E-state index contributed by atoms with van der Waals surface area (Å²) in [5, 5.41) is 10.3. The van der Waals surface area contributed by atoms with E-state index >= 15 is 0 Å². The number of aromatic nitrogens is 3. The Morgan fingerprint density at radius 1 is 1.35 bits per heavy atom. The molecule has 140 valence electrons. The highest BCUT2D eigenvalue weighted by Gasteiger charge is 2.24. The van der Waals surface area contributed by atoms with Gasteiger partial charge in [0.2, 0.25) is 5.91 Å². The maximum Gasteiger partial charge on any atom is 0.220 e. The molecule has 2 N–H and O–H groups in total. The molecule has 1 amide bonds. The number of carbonyl (C=O) groups is 1. The van der Waals surface area contributed by atoms with Crippen molar-refractivity contribution in [1.82, 2.24) is 25.4 Å². The van der Waals surface area contributed by atoms with Gasteiger partial charge in [-0.05, 0) is 31.5 Å². The van der Waals surface area contributed by atoms with Gasteiger partial charge in [-0.25, -0.2) is 0 Å². The smallest absolute Gasteiger partial charge is 0.220 e. The van der Waals surface area contributed by atoms with Crippen molar-refractivity contribution in [2.24, 2.45) is 0 Å². The summed E-state index contributed by atoms with van der Waals surface area (Å²) >= 11 is 0. The highest BCUT2D eigenvalue weighted by Crippen LogP contribution is 2.19. The van der Waals surface area contributed by atoms with Crippen molar-refractivity contribution in [3.05, 3.63) is 47.0 Å². The summed E-state index contributed by atoms with van der Waals surface area (Å²) < 4.78 is 5.45. The van der Waals surface area contributed by atoms with Crippen LogP contribution >= 0.6 is 0 Å². The van der Waals surface area contributed by atoms with E-state index in [1.807, 2.05) is 32.0 Å². The number of pyridine rings is 1. The maximum atomic E-state index is 12.3. The number of aromatic amines is 1. The molecule has 2 aromatic rings. The van der Waals surface area contributed by atoms with Crippen molar-refractivity contribution < 1.29 is 9.53 Å². The molecule has 1 aliphatic rings. The van der Waals surface area contributed by atoms with Crippen LogP contribution in [0.4, 0.5) is 0 Å². The minimum atomic E-state index is 0.0410. The minimum absolute atomic E-state index is 0.0410. The van der Waals surface area contributed by atoms with E-state index in [0.717, 1.165) is 48.9 Å². The second-order valence-corrected chi connectivity index (χ2v) is 6.64. The fourth-order valence-corrected chi connectivity index (χ4v) is 3.19. The third-order valence-electron chi connectivity index (χ3n) is 4.95. The number of rotatable bonds is 7. The maximum absolute atomic E-state index is 12.3. The van der Waals surface area contributed by atoms with Crippen LogP contribution in [-0.2, 0) is 16.0 Å². The molecule has 0 aliphatic carbocycles. The fraction of sp³-hybridized carbons (Fsp3) is 0.526. The number of hydrogen-bond acceptors (Lipinski definition) is 5. The predicted octanol–water partition coefficient (Wildman–Crippen LogP) is 1.54. The zero-order chi connectivity index (χ0) is 18.4. The molecule has 0 aromatic carbocycles. The number of amides is 1. The number of H-pyrrole nitrogens is 1. The van der Waals surface area contributed by atoms with Crippen LogP contribution in [0.3, 0.4) is 0 Å². The van der Waals surface area contributed by atoms with E-state index in [1.54, 1.807) is 6.20 Å². The Balaban J connectivity index is 1.56. The van der Waals surface area contributed by atoms with E-state index in [1.165, 1.54) is 0 Å². The lowest BCUT2D eigenvalue weighted by Crippen LogP contribution is -2.44. The molecule has 0 bridgehead atoms. The predicted molar refractivity (Wildman–Crippen MR) is 98.8 cm³/mol. The molecule has 26 heavy (non-hydrogen) atoms. The Kier molecular flexibility index (Phi) is 6.35. The molecule has 0 radical (unpaired) electrons. The normalized spacial score (nSPS) is 16.4. The summed E-state index contributed by atoms with van der Waals surface area (Å²) in [6, 6.07) is 5.98. The second-order valence-electron chi connectivity index (χ2n) is 6.64. The molecular formula is C19H27N5O2. The number of aryl methyl sites for hydroxylation is 2. The fourth-order valence-electron chi connectivity index (χ4n) is 3.19. The van der Waals surface area contributed by atoms with E-state index in [2.05, 4.69) is 25.4 Å². The van der Waals surface area contributed by atoms with Crippen molar-refractivity contribution in [2.75, 3.05) is 32.8 Å². The number of nitrogens with zero attached hydrogens (tertiary/aromatic N) is 3. The Bertz CT molecular complexity index is 710.